The van der Waals surface area contributed by atoms with Gasteiger partial charge >= 0.3 is 0 Å². The van der Waals surface area contributed by atoms with Crippen molar-refractivity contribution in [3.63, 3.8) is 0 Å². The van der Waals surface area contributed by atoms with Crippen molar-refractivity contribution in [2.45, 2.75) is 38.5 Å². The molecular weight excluding hydrogens is 222 g/mol. The smallest absolute Gasteiger partial charge is 0.224 e. The number of carbonyl (C=O) groups excluding carboxylic acids is 1. The Kier molecular flexibility index (Phi) is 2.39. The minimum Gasteiger partial charge on any atom is -0.330 e. The molecular formula is C16H21NO. The van der Waals surface area contributed by atoms with Gasteiger partial charge in [-0.15, -0.1) is 0 Å². The fourth-order valence-electron chi connectivity index (χ4n) is 4.96. The number of hydrogen-bond acceptors (Lipinski definition) is 1. The van der Waals surface area contributed by atoms with E-state index in [1.807, 2.05) is 0 Å². The third-order valence-corrected chi connectivity index (χ3v) is 5.77. The molecule has 96 valence electrons. The van der Waals surface area contributed by atoms with Crippen molar-refractivity contribution in [3.8, 4) is 0 Å². The monoisotopic (exact) mass is 243 g/mol. The first-order valence-electron chi connectivity index (χ1n) is 7.49. The van der Waals surface area contributed by atoms with Gasteiger partial charge in [-0.2, -0.15) is 0 Å². The predicted octanol–water partition coefficient (Wildman–Crippen LogP) is 3.02. The van der Waals surface area contributed by atoms with E-state index in [2.05, 4.69) is 23.5 Å². The van der Waals surface area contributed by atoms with Gasteiger partial charge in [-0.25, -0.2) is 0 Å². The van der Waals surface area contributed by atoms with Gasteiger partial charge in [0, 0.05) is 18.0 Å². The van der Waals surface area contributed by atoms with E-state index < -0.39 is 0 Å². The van der Waals surface area contributed by atoms with E-state index in [1.165, 1.54) is 31.4 Å². The van der Waals surface area contributed by atoms with Gasteiger partial charge in [-0.3, -0.25) is 4.79 Å². The Bertz CT molecular complexity index is 436. The van der Waals surface area contributed by atoms with E-state index in [0.717, 1.165) is 36.5 Å². The highest BCUT2D eigenvalue weighted by atomic mass is 16.1. The SMILES string of the molecule is O=C1CCC2C(=CCC3C4CC=CC4CCC23)N1. The lowest BCUT2D eigenvalue weighted by Gasteiger charge is -2.48. The summed E-state index contributed by atoms with van der Waals surface area (Å²) in [5.74, 6) is 4.36. The number of hydrogen-bond donors (Lipinski definition) is 1. The Hall–Kier alpha value is -1.05. The standard InChI is InChI=1S/C16H21NO/c18-16-9-7-14-13-5-4-10-2-1-3-11(10)12(13)6-8-15(14)17-16/h1-2,8,10-14H,3-7,9H2,(H,17,18). The molecule has 5 unspecified atom stereocenters. The second kappa shape index (κ2) is 3.97. The second-order valence-corrected chi connectivity index (χ2v) is 6.49. The van der Waals surface area contributed by atoms with E-state index in [9.17, 15) is 4.79 Å². The molecule has 1 aliphatic heterocycles. The van der Waals surface area contributed by atoms with E-state index in [0.29, 0.717) is 5.92 Å². The van der Waals surface area contributed by atoms with E-state index >= 15 is 0 Å². The van der Waals surface area contributed by atoms with Crippen LogP contribution in [-0.4, -0.2) is 5.91 Å². The van der Waals surface area contributed by atoms with Crippen LogP contribution in [0.15, 0.2) is 23.9 Å². The van der Waals surface area contributed by atoms with E-state index in [4.69, 9.17) is 0 Å². The lowest BCUT2D eigenvalue weighted by Crippen LogP contribution is -2.45. The summed E-state index contributed by atoms with van der Waals surface area (Å²) < 4.78 is 0. The normalized spacial score (nSPS) is 45.7. The highest BCUT2D eigenvalue weighted by molar-refractivity contribution is 5.79. The molecule has 1 amide bonds. The molecule has 0 bridgehead atoms. The van der Waals surface area contributed by atoms with Crippen LogP contribution in [0, 0.1) is 29.6 Å². The maximum absolute atomic E-state index is 11.5. The molecule has 0 aromatic carbocycles. The van der Waals surface area contributed by atoms with Crippen molar-refractivity contribution >= 4 is 5.91 Å². The third-order valence-electron chi connectivity index (χ3n) is 5.77. The van der Waals surface area contributed by atoms with E-state index in [-0.39, 0.29) is 5.91 Å². The van der Waals surface area contributed by atoms with Gasteiger partial charge in [0.2, 0.25) is 5.91 Å². The topological polar surface area (TPSA) is 29.1 Å². The molecule has 0 spiro atoms. The van der Waals surface area contributed by atoms with Crippen LogP contribution in [0.25, 0.3) is 0 Å². The summed E-state index contributed by atoms with van der Waals surface area (Å²) in [6, 6.07) is 0. The average molecular weight is 243 g/mol. The molecule has 18 heavy (non-hydrogen) atoms. The van der Waals surface area contributed by atoms with Crippen LogP contribution in [0.2, 0.25) is 0 Å². The zero-order chi connectivity index (χ0) is 12.1. The largest absolute Gasteiger partial charge is 0.330 e. The Morgan fingerprint density at radius 3 is 2.94 bits per heavy atom. The predicted molar refractivity (Wildman–Crippen MR) is 70.5 cm³/mol. The molecule has 5 atom stereocenters. The zero-order valence-electron chi connectivity index (χ0n) is 10.8. The second-order valence-electron chi connectivity index (χ2n) is 6.49. The maximum atomic E-state index is 11.5. The fourth-order valence-corrected chi connectivity index (χ4v) is 4.96. The fraction of sp³-hybridized carbons (Fsp3) is 0.688. The number of amides is 1. The summed E-state index contributed by atoms with van der Waals surface area (Å²) in [5, 5.41) is 3.12. The van der Waals surface area contributed by atoms with Gasteiger partial charge in [0.25, 0.3) is 0 Å². The third kappa shape index (κ3) is 1.51. The summed E-state index contributed by atoms with van der Waals surface area (Å²) in [4.78, 5) is 11.5. The van der Waals surface area contributed by atoms with Crippen LogP contribution in [-0.2, 0) is 4.79 Å². The van der Waals surface area contributed by atoms with Crippen LogP contribution in [0.5, 0.6) is 0 Å². The molecule has 4 rings (SSSR count). The quantitative estimate of drug-likeness (QED) is 0.651. The van der Waals surface area contributed by atoms with Crippen molar-refractivity contribution in [2.24, 2.45) is 29.6 Å². The van der Waals surface area contributed by atoms with Gasteiger partial charge < -0.3 is 5.32 Å². The number of nitrogens with one attached hydrogen (secondary N) is 1. The molecule has 4 aliphatic rings. The number of piperidine rings is 1. The molecule has 1 saturated heterocycles. The minimum absolute atomic E-state index is 0.229. The summed E-state index contributed by atoms with van der Waals surface area (Å²) in [6.45, 7) is 0. The lowest BCUT2D eigenvalue weighted by atomic mass is 9.59. The first-order chi connectivity index (χ1) is 8.83. The first kappa shape index (κ1) is 10.8. The molecule has 3 aliphatic carbocycles. The molecule has 2 nitrogen and oxygen atoms in total. The number of rotatable bonds is 0. The Labute approximate surface area is 109 Å². The Morgan fingerprint density at radius 1 is 1.06 bits per heavy atom. The van der Waals surface area contributed by atoms with Crippen LogP contribution in [0.1, 0.15) is 38.5 Å². The number of carbonyl (C=O) groups is 1. The molecule has 0 radical (unpaired) electrons. The van der Waals surface area contributed by atoms with Crippen molar-refractivity contribution in [1.29, 1.82) is 0 Å². The molecule has 2 fully saturated rings. The summed E-state index contributed by atoms with van der Waals surface area (Å²) in [6.07, 6.45) is 14.3. The van der Waals surface area contributed by atoms with Crippen molar-refractivity contribution in [1.82, 2.24) is 5.32 Å². The average Bonchev–Trinajstić information content (AvgIpc) is 2.86. The minimum atomic E-state index is 0.229. The molecule has 0 aromatic rings. The molecule has 1 heterocycles. The summed E-state index contributed by atoms with van der Waals surface area (Å²) in [7, 11) is 0. The Balaban J connectivity index is 1.62. The van der Waals surface area contributed by atoms with E-state index in [1.54, 1.807) is 0 Å². The Morgan fingerprint density at radius 2 is 2.00 bits per heavy atom. The van der Waals surface area contributed by atoms with Crippen molar-refractivity contribution < 1.29 is 4.79 Å². The van der Waals surface area contributed by atoms with Gasteiger partial charge in [0.1, 0.15) is 0 Å². The van der Waals surface area contributed by atoms with Crippen LogP contribution < -0.4 is 5.32 Å². The summed E-state index contributed by atoms with van der Waals surface area (Å²) in [5.41, 5.74) is 1.26. The number of fused-ring (bicyclic) bond motifs is 5. The van der Waals surface area contributed by atoms with Gasteiger partial charge in [0.15, 0.2) is 0 Å². The number of allylic oxidation sites excluding steroid dienone is 4. The molecule has 1 N–H and O–H groups in total. The van der Waals surface area contributed by atoms with Gasteiger partial charge in [-0.1, -0.05) is 18.2 Å². The molecule has 1 saturated carbocycles. The lowest BCUT2D eigenvalue weighted by molar-refractivity contribution is -0.122. The summed E-state index contributed by atoms with van der Waals surface area (Å²) >= 11 is 0. The van der Waals surface area contributed by atoms with Crippen molar-refractivity contribution in [3.05, 3.63) is 23.9 Å². The first-order valence-corrected chi connectivity index (χ1v) is 7.49. The van der Waals surface area contributed by atoms with Crippen LogP contribution >= 0.6 is 0 Å². The maximum Gasteiger partial charge on any atom is 0.224 e. The van der Waals surface area contributed by atoms with Gasteiger partial charge in [0.05, 0.1) is 0 Å². The van der Waals surface area contributed by atoms with Crippen LogP contribution in [0.4, 0.5) is 0 Å². The zero-order valence-corrected chi connectivity index (χ0v) is 10.8. The van der Waals surface area contributed by atoms with Crippen molar-refractivity contribution in [2.75, 3.05) is 0 Å². The molecule has 2 heteroatoms. The highest BCUT2D eigenvalue weighted by Gasteiger charge is 2.45. The highest BCUT2D eigenvalue weighted by Crippen LogP contribution is 2.53. The van der Waals surface area contributed by atoms with Crippen LogP contribution in [0.3, 0.4) is 0 Å². The van der Waals surface area contributed by atoms with Gasteiger partial charge in [-0.05, 0) is 55.8 Å². The molecule has 0 aromatic heterocycles.